The van der Waals surface area contributed by atoms with Crippen molar-refractivity contribution < 1.29 is 18.7 Å². The molecule has 6 N–H and O–H groups in total. The zero-order valence-corrected chi connectivity index (χ0v) is 20.7. The first-order valence-corrected chi connectivity index (χ1v) is 11.5. The lowest BCUT2D eigenvalue weighted by molar-refractivity contribution is 0.0698. The predicted octanol–water partition coefficient (Wildman–Crippen LogP) is 4.98. The number of halogens is 1. The van der Waals surface area contributed by atoms with E-state index < -0.39 is 12.3 Å². The molecule has 2 aromatic heterocycles. The first-order valence-electron chi connectivity index (χ1n) is 11.5. The number of aromatic carboxylic acids is 1. The van der Waals surface area contributed by atoms with Crippen LogP contribution < -0.4 is 22.2 Å². The maximum absolute atomic E-state index is 13.0. The molecular weight excluding hydrogens is 475 g/mol. The first-order chi connectivity index (χ1) is 17.6. The number of nitrogens with zero attached hydrogens (tertiary/aromatic N) is 1. The third-order valence-corrected chi connectivity index (χ3v) is 5.37. The van der Waals surface area contributed by atoms with E-state index in [0.717, 1.165) is 11.1 Å². The number of hydrogen-bond donors (Lipinski definition) is 4. The number of rotatable bonds is 6. The quantitative estimate of drug-likeness (QED) is 0.269. The molecule has 2 heterocycles. The van der Waals surface area contributed by atoms with E-state index in [9.17, 15) is 19.1 Å². The van der Waals surface area contributed by atoms with Crippen LogP contribution in [0.5, 0.6) is 0 Å². The fourth-order valence-electron chi connectivity index (χ4n) is 3.81. The minimum Gasteiger partial charge on any atom is -0.478 e. The van der Waals surface area contributed by atoms with Crippen LogP contribution in [0.2, 0.25) is 0 Å². The van der Waals surface area contributed by atoms with Gasteiger partial charge in [0.2, 0.25) is 0 Å². The summed E-state index contributed by atoms with van der Waals surface area (Å²) in [5.41, 5.74) is 13.8. The Morgan fingerprint density at radius 3 is 2.43 bits per heavy atom. The molecule has 4 aromatic rings. The summed E-state index contributed by atoms with van der Waals surface area (Å²) in [7, 11) is 0. The third-order valence-electron chi connectivity index (χ3n) is 5.37. The molecule has 0 saturated carbocycles. The lowest BCUT2D eigenvalue weighted by atomic mass is 10.00. The molecule has 0 amide bonds. The summed E-state index contributed by atoms with van der Waals surface area (Å²) in [6, 6.07) is 16.8. The molecule has 0 saturated heterocycles. The second kappa shape index (κ2) is 12.0. The molecule has 0 fully saturated rings. The van der Waals surface area contributed by atoms with Crippen molar-refractivity contribution >= 4 is 28.2 Å². The van der Waals surface area contributed by atoms with E-state index in [1.807, 2.05) is 26.0 Å². The van der Waals surface area contributed by atoms with Gasteiger partial charge in [0, 0.05) is 29.7 Å². The number of nitrogens with two attached hydrogens (primary N) is 2. The number of fused-ring (bicyclic) bond motifs is 1. The summed E-state index contributed by atoms with van der Waals surface area (Å²) in [4.78, 5) is 29.0. The second-order valence-corrected chi connectivity index (χ2v) is 8.40. The van der Waals surface area contributed by atoms with Crippen LogP contribution in [0.15, 0.2) is 82.3 Å². The van der Waals surface area contributed by atoms with Crippen molar-refractivity contribution in [2.24, 2.45) is 11.5 Å². The Kier molecular flexibility index (Phi) is 8.76. The number of anilines is 1. The normalized spacial score (nSPS) is 12.8. The number of para-hydroxylation sites is 1. The topological polar surface area (TPSA) is 144 Å². The highest BCUT2D eigenvalue weighted by Crippen LogP contribution is 2.31. The van der Waals surface area contributed by atoms with Crippen LogP contribution in [-0.4, -0.2) is 22.4 Å². The van der Waals surface area contributed by atoms with Crippen LogP contribution in [0.3, 0.4) is 0 Å². The van der Waals surface area contributed by atoms with E-state index in [0.29, 0.717) is 33.7 Å². The third kappa shape index (κ3) is 6.59. The van der Waals surface area contributed by atoms with E-state index in [1.54, 1.807) is 42.6 Å². The minimum atomic E-state index is -1.17. The zero-order valence-electron chi connectivity index (χ0n) is 20.7. The number of nitrogens with one attached hydrogen (secondary N) is 1. The van der Waals surface area contributed by atoms with Gasteiger partial charge in [-0.1, -0.05) is 24.3 Å². The molecule has 37 heavy (non-hydrogen) atoms. The number of aromatic nitrogens is 1. The van der Waals surface area contributed by atoms with Crippen LogP contribution in [0, 0.1) is 6.92 Å². The fourth-order valence-corrected chi connectivity index (χ4v) is 3.81. The number of hydrogen-bond acceptors (Lipinski definition) is 7. The zero-order chi connectivity index (χ0) is 27.1. The Labute approximate surface area is 213 Å². The second-order valence-electron chi connectivity index (χ2n) is 8.40. The molecule has 9 heteroatoms. The van der Waals surface area contributed by atoms with E-state index in [1.165, 1.54) is 25.3 Å². The van der Waals surface area contributed by atoms with Crippen molar-refractivity contribution in [3.63, 3.8) is 0 Å². The highest BCUT2D eigenvalue weighted by Gasteiger charge is 2.19. The molecule has 0 aliphatic rings. The van der Waals surface area contributed by atoms with E-state index >= 15 is 0 Å². The largest absolute Gasteiger partial charge is 0.478 e. The van der Waals surface area contributed by atoms with Crippen molar-refractivity contribution in [1.29, 1.82) is 0 Å². The monoisotopic (exact) mass is 504 g/mol. The average Bonchev–Trinajstić information content (AvgIpc) is 2.85. The van der Waals surface area contributed by atoms with Gasteiger partial charge in [0.25, 0.3) is 0 Å². The maximum atomic E-state index is 13.0. The van der Waals surface area contributed by atoms with Crippen molar-refractivity contribution in [3.8, 4) is 0 Å². The van der Waals surface area contributed by atoms with Gasteiger partial charge in [-0.05, 0) is 56.7 Å². The summed E-state index contributed by atoms with van der Waals surface area (Å²) in [5, 5.41) is 13.2. The molecule has 4 rings (SSSR count). The standard InChI is InChI=1S/C26H23N3O4.C2H6FN/c1-15-11-18(16(2)29-22-9-4-3-7-17(22)26(31)32)25-19(12-15)23(30)13-24(33-25)20(14-27)21-8-5-6-10-28-21;1-2(3)4/h3-14,16,29H,27H2,1-2H3,(H,31,32);2H,4H2,1H3/b20-14+;. The smallest absolute Gasteiger partial charge is 0.337 e. The Morgan fingerprint density at radius 2 is 1.81 bits per heavy atom. The summed E-state index contributed by atoms with van der Waals surface area (Å²) in [6.45, 7) is 5.06. The van der Waals surface area contributed by atoms with Crippen molar-refractivity contribution in [2.75, 3.05) is 5.32 Å². The van der Waals surface area contributed by atoms with Crippen molar-refractivity contribution in [2.45, 2.75) is 33.1 Å². The van der Waals surface area contributed by atoms with Gasteiger partial charge in [-0.2, -0.15) is 0 Å². The summed E-state index contributed by atoms with van der Waals surface area (Å²) >= 11 is 0. The predicted molar refractivity (Wildman–Crippen MR) is 143 cm³/mol. The van der Waals surface area contributed by atoms with Gasteiger partial charge >= 0.3 is 5.97 Å². The first kappa shape index (κ1) is 27.1. The molecule has 0 spiro atoms. The molecule has 2 aromatic carbocycles. The van der Waals surface area contributed by atoms with Crippen LogP contribution in [0.25, 0.3) is 16.5 Å². The average molecular weight is 505 g/mol. The number of carbonyl (C=O) groups is 1. The van der Waals surface area contributed by atoms with Gasteiger partial charge in [0.15, 0.2) is 5.43 Å². The van der Waals surface area contributed by atoms with Gasteiger partial charge in [-0.25, -0.2) is 9.18 Å². The molecule has 0 aliphatic heterocycles. The Morgan fingerprint density at radius 1 is 1.14 bits per heavy atom. The van der Waals surface area contributed by atoms with Crippen molar-refractivity contribution in [1.82, 2.24) is 4.98 Å². The lowest BCUT2D eigenvalue weighted by Gasteiger charge is -2.19. The Hall–Kier alpha value is -4.50. The van der Waals surface area contributed by atoms with Crippen LogP contribution in [-0.2, 0) is 0 Å². The molecule has 0 radical (unpaired) electrons. The van der Waals surface area contributed by atoms with Crippen molar-refractivity contribution in [3.05, 3.63) is 111 Å². The van der Waals surface area contributed by atoms with Crippen LogP contribution in [0.4, 0.5) is 10.1 Å². The van der Waals surface area contributed by atoms with Gasteiger partial charge < -0.3 is 26.3 Å². The van der Waals surface area contributed by atoms with Crippen LogP contribution >= 0.6 is 0 Å². The number of aryl methyl sites for hydroxylation is 1. The SMILES string of the molecule is CC(N)F.Cc1cc(C(C)Nc2ccccc2C(=O)O)c2oc(/C(=C/N)c3ccccn3)cc(=O)c2c1. The molecule has 0 aliphatic carbocycles. The van der Waals surface area contributed by atoms with E-state index in [4.69, 9.17) is 10.2 Å². The molecule has 0 bridgehead atoms. The summed E-state index contributed by atoms with van der Waals surface area (Å²) in [5.74, 6) is -0.724. The maximum Gasteiger partial charge on any atom is 0.337 e. The fraction of sp³-hybridized carbons (Fsp3) is 0.179. The molecule has 2 atom stereocenters. The van der Waals surface area contributed by atoms with E-state index in [-0.39, 0.29) is 17.0 Å². The lowest BCUT2D eigenvalue weighted by Crippen LogP contribution is -2.13. The molecule has 2 unspecified atom stereocenters. The Bertz CT molecular complexity index is 1480. The summed E-state index contributed by atoms with van der Waals surface area (Å²) < 4.78 is 17.0. The number of carboxylic acids is 1. The number of pyridine rings is 1. The summed E-state index contributed by atoms with van der Waals surface area (Å²) in [6.07, 6.45) is 1.84. The van der Waals surface area contributed by atoms with Gasteiger partial charge in [-0.3, -0.25) is 9.78 Å². The number of alkyl halides is 1. The van der Waals surface area contributed by atoms with Gasteiger partial charge in [0.1, 0.15) is 17.6 Å². The van der Waals surface area contributed by atoms with E-state index in [2.05, 4.69) is 16.0 Å². The molecule has 192 valence electrons. The van der Waals surface area contributed by atoms with Crippen LogP contribution in [0.1, 0.15) is 52.8 Å². The minimum absolute atomic E-state index is 0.159. The number of carboxylic acid groups (broad SMARTS) is 1. The highest BCUT2D eigenvalue weighted by molar-refractivity contribution is 5.94. The van der Waals surface area contributed by atoms with Gasteiger partial charge in [-0.15, -0.1) is 0 Å². The van der Waals surface area contributed by atoms with Gasteiger partial charge in [0.05, 0.1) is 28.3 Å². The highest BCUT2D eigenvalue weighted by atomic mass is 19.1. The molecular formula is C28H29FN4O4. The Balaban J connectivity index is 0.000000886. The molecule has 8 nitrogen and oxygen atoms in total. The number of benzene rings is 2.